The van der Waals surface area contributed by atoms with Gasteiger partial charge in [0.05, 0.1) is 17.8 Å². The van der Waals surface area contributed by atoms with Crippen molar-refractivity contribution < 1.29 is 4.42 Å². The number of nitriles is 1. The number of hydrogen-bond acceptors (Lipinski definition) is 6. The van der Waals surface area contributed by atoms with Crippen molar-refractivity contribution in [3.63, 3.8) is 0 Å². The van der Waals surface area contributed by atoms with Crippen molar-refractivity contribution in [1.82, 2.24) is 19.7 Å². The highest BCUT2D eigenvalue weighted by atomic mass is 35.5. The first-order chi connectivity index (χ1) is 13.6. The maximum absolute atomic E-state index is 9.07. The first-order valence-electron chi connectivity index (χ1n) is 8.10. The van der Waals surface area contributed by atoms with Gasteiger partial charge in [0.25, 0.3) is 0 Å². The number of furan rings is 1. The van der Waals surface area contributed by atoms with E-state index in [1.165, 1.54) is 11.8 Å². The molecular weight excluding hydrogens is 417 g/mol. The summed E-state index contributed by atoms with van der Waals surface area (Å²) in [5.41, 5.74) is 1.04. The van der Waals surface area contributed by atoms with Crippen LogP contribution in [0.25, 0.3) is 11.4 Å². The smallest absolute Gasteiger partial charge is 0.198 e. The van der Waals surface area contributed by atoms with Gasteiger partial charge in [0.15, 0.2) is 11.0 Å². The summed E-state index contributed by atoms with van der Waals surface area (Å²) in [6.07, 6.45) is 1.61. The molecule has 0 aliphatic carbocycles. The van der Waals surface area contributed by atoms with E-state index in [0.29, 0.717) is 43.9 Å². The number of hydrogen-bond donors (Lipinski definition) is 0. The van der Waals surface area contributed by atoms with Gasteiger partial charge in [-0.15, -0.1) is 10.2 Å². The highest BCUT2D eigenvalue weighted by molar-refractivity contribution is 7.99. The molecule has 4 aromatic rings. The molecule has 0 bridgehead atoms. The second-order valence-corrected chi connectivity index (χ2v) is 7.50. The molecule has 4 rings (SSSR count). The van der Waals surface area contributed by atoms with E-state index in [1.807, 2.05) is 28.8 Å². The van der Waals surface area contributed by atoms with Gasteiger partial charge >= 0.3 is 0 Å². The van der Waals surface area contributed by atoms with Gasteiger partial charge in [-0.3, -0.25) is 4.57 Å². The molecule has 3 aromatic heterocycles. The van der Waals surface area contributed by atoms with Crippen LogP contribution in [0.1, 0.15) is 11.5 Å². The minimum Gasteiger partial charge on any atom is -0.467 e. The van der Waals surface area contributed by atoms with E-state index >= 15 is 0 Å². The quantitative estimate of drug-likeness (QED) is 0.429. The number of aromatic nitrogens is 4. The van der Waals surface area contributed by atoms with Crippen LogP contribution in [0.2, 0.25) is 10.0 Å². The molecule has 0 unspecified atom stereocenters. The standard InChI is InChI=1S/C19H11Cl2N5OS/c20-12-6-7-15(16(21)9-12)18-24-25-19(26(18)11-14-4-2-8-27-14)28-17-5-1-3-13(10-22)23-17/h1-9H,11H2. The van der Waals surface area contributed by atoms with Crippen molar-refractivity contribution in [3.8, 4) is 17.5 Å². The summed E-state index contributed by atoms with van der Waals surface area (Å²) in [6.45, 7) is 0.411. The summed E-state index contributed by atoms with van der Waals surface area (Å²) in [6, 6.07) is 16.2. The summed E-state index contributed by atoms with van der Waals surface area (Å²) in [5, 5.41) is 20.0. The molecule has 0 aliphatic heterocycles. The third-order valence-electron chi connectivity index (χ3n) is 3.82. The van der Waals surface area contributed by atoms with Gasteiger partial charge in [-0.2, -0.15) is 5.26 Å². The molecule has 0 N–H and O–H groups in total. The van der Waals surface area contributed by atoms with Crippen molar-refractivity contribution in [3.05, 3.63) is 76.3 Å². The number of nitrogens with zero attached hydrogens (tertiary/aromatic N) is 5. The number of benzene rings is 1. The fourth-order valence-corrected chi connectivity index (χ4v) is 3.88. The summed E-state index contributed by atoms with van der Waals surface area (Å²) in [7, 11) is 0. The monoisotopic (exact) mass is 427 g/mol. The third-order valence-corrected chi connectivity index (χ3v) is 5.29. The Balaban J connectivity index is 1.78. The third kappa shape index (κ3) is 3.90. The Hall–Kier alpha value is -2.79. The van der Waals surface area contributed by atoms with E-state index in [-0.39, 0.29) is 0 Å². The fourth-order valence-electron chi connectivity index (χ4n) is 2.56. The number of pyridine rings is 1. The Morgan fingerprint density at radius 3 is 2.75 bits per heavy atom. The molecule has 0 atom stereocenters. The van der Waals surface area contributed by atoms with Crippen LogP contribution in [-0.2, 0) is 6.54 Å². The lowest BCUT2D eigenvalue weighted by Gasteiger charge is -2.10. The Morgan fingerprint density at radius 1 is 1.11 bits per heavy atom. The summed E-state index contributed by atoms with van der Waals surface area (Å²) < 4.78 is 7.38. The molecule has 0 saturated carbocycles. The average molecular weight is 428 g/mol. The highest BCUT2D eigenvalue weighted by Gasteiger charge is 2.19. The molecule has 0 spiro atoms. The van der Waals surface area contributed by atoms with Crippen LogP contribution in [-0.4, -0.2) is 19.7 Å². The van der Waals surface area contributed by atoms with Gasteiger partial charge in [-0.05, 0) is 54.2 Å². The van der Waals surface area contributed by atoms with Crippen molar-refractivity contribution in [2.24, 2.45) is 0 Å². The van der Waals surface area contributed by atoms with Gasteiger partial charge in [0.1, 0.15) is 22.5 Å². The van der Waals surface area contributed by atoms with E-state index in [4.69, 9.17) is 32.9 Å². The molecule has 28 heavy (non-hydrogen) atoms. The fraction of sp³-hybridized carbons (Fsp3) is 0.0526. The molecule has 1 aromatic carbocycles. The Labute approximate surface area is 174 Å². The minimum absolute atomic E-state index is 0.336. The van der Waals surface area contributed by atoms with Crippen LogP contribution in [0.15, 0.2) is 69.4 Å². The van der Waals surface area contributed by atoms with Crippen LogP contribution < -0.4 is 0 Å². The highest BCUT2D eigenvalue weighted by Crippen LogP contribution is 2.33. The molecule has 0 fully saturated rings. The largest absolute Gasteiger partial charge is 0.467 e. The molecule has 0 radical (unpaired) electrons. The van der Waals surface area contributed by atoms with Crippen LogP contribution >= 0.6 is 35.0 Å². The lowest BCUT2D eigenvalue weighted by Crippen LogP contribution is -2.04. The molecule has 0 saturated heterocycles. The SMILES string of the molecule is N#Cc1cccc(Sc2nnc(-c3ccc(Cl)cc3Cl)n2Cc2ccco2)n1. The maximum Gasteiger partial charge on any atom is 0.198 e. The van der Waals surface area contributed by atoms with E-state index < -0.39 is 0 Å². The molecule has 0 aliphatic rings. The molecule has 138 valence electrons. The Kier molecular flexibility index (Phi) is 5.35. The first-order valence-corrected chi connectivity index (χ1v) is 9.67. The van der Waals surface area contributed by atoms with Crippen molar-refractivity contribution in [1.29, 1.82) is 5.26 Å². The second kappa shape index (κ2) is 8.07. The topological polar surface area (TPSA) is 80.5 Å². The Morgan fingerprint density at radius 2 is 2.00 bits per heavy atom. The second-order valence-electron chi connectivity index (χ2n) is 5.67. The van der Waals surface area contributed by atoms with Gasteiger partial charge < -0.3 is 4.42 Å². The van der Waals surface area contributed by atoms with Crippen molar-refractivity contribution in [2.45, 2.75) is 16.7 Å². The normalized spacial score (nSPS) is 10.8. The van der Waals surface area contributed by atoms with E-state index in [2.05, 4.69) is 15.2 Å². The molecule has 6 nitrogen and oxygen atoms in total. The lowest BCUT2D eigenvalue weighted by molar-refractivity contribution is 0.485. The Bertz CT molecular complexity index is 1170. The number of rotatable bonds is 5. The van der Waals surface area contributed by atoms with Crippen LogP contribution in [0.5, 0.6) is 0 Å². The molecule has 9 heteroatoms. The lowest BCUT2D eigenvalue weighted by atomic mass is 10.2. The van der Waals surface area contributed by atoms with Gasteiger partial charge in [-0.25, -0.2) is 4.98 Å². The van der Waals surface area contributed by atoms with Crippen LogP contribution in [0.4, 0.5) is 0 Å². The zero-order valence-electron chi connectivity index (χ0n) is 14.2. The first kappa shape index (κ1) is 18.6. The molecular formula is C19H11Cl2N5OS. The zero-order valence-corrected chi connectivity index (χ0v) is 16.5. The summed E-state index contributed by atoms with van der Waals surface area (Å²) >= 11 is 13.7. The van der Waals surface area contributed by atoms with Crippen LogP contribution in [0.3, 0.4) is 0 Å². The van der Waals surface area contributed by atoms with E-state index in [9.17, 15) is 0 Å². The van der Waals surface area contributed by atoms with Gasteiger partial charge in [0, 0.05) is 10.6 Å². The summed E-state index contributed by atoms with van der Waals surface area (Å²) in [4.78, 5) is 4.29. The van der Waals surface area contributed by atoms with Gasteiger partial charge in [-0.1, -0.05) is 29.3 Å². The predicted molar refractivity (Wildman–Crippen MR) is 106 cm³/mol. The van der Waals surface area contributed by atoms with E-state index in [0.717, 1.165) is 5.76 Å². The molecule has 0 amide bonds. The van der Waals surface area contributed by atoms with Crippen molar-refractivity contribution in [2.75, 3.05) is 0 Å². The average Bonchev–Trinajstić information content (AvgIpc) is 3.33. The van der Waals surface area contributed by atoms with E-state index in [1.54, 1.807) is 36.6 Å². The molecule has 3 heterocycles. The zero-order chi connectivity index (χ0) is 19.5. The summed E-state index contributed by atoms with van der Waals surface area (Å²) in [5.74, 6) is 1.32. The minimum atomic E-state index is 0.336. The van der Waals surface area contributed by atoms with Gasteiger partial charge in [0.2, 0.25) is 0 Å². The predicted octanol–water partition coefficient (Wildman–Crippen LogP) is 5.31. The van der Waals surface area contributed by atoms with Crippen molar-refractivity contribution >= 4 is 35.0 Å². The maximum atomic E-state index is 9.07. The number of halogens is 2. The van der Waals surface area contributed by atoms with Crippen LogP contribution in [0, 0.1) is 11.3 Å².